The van der Waals surface area contributed by atoms with Gasteiger partial charge in [-0.15, -0.1) is 0 Å². The normalized spacial score (nSPS) is 35.2. The molecule has 2 aliphatic carbocycles. The molecule has 2 saturated carbocycles. The molecule has 1 heterocycles. The van der Waals surface area contributed by atoms with Gasteiger partial charge in [0, 0.05) is 12.0 Å². The zero-order chi connectivity index (χ0) is 11.2. The zero-order valence-corrected chi connectivity index (χ0v) is 9.78. The quantitative estimate of drug-likeness (QED) is 0.830. The fraction of sp³-hybridized carbons (Fsp3) is 0.833. The Morgan fingerprint density at radius 3 is 2.69 bits per heavy atom. The first-order valence-corrected chi connectivity index (χ1v) is 6.30. The number of aromatic nitrogens is 2. The summed E-state index contributed by atoms with van der Waals surface area (Å²) in [4.78, 5) is 4.58. The Bertz CT molecular complexity index is 385. The summed E-state index contributed by atoms with van der Waals surface area (Å²) in [6.07, 6.45) is 7.02. The van der Waals surface area contributed by atoms with Gasteiger partial charge in [0.15, 0.2) is 5.82 Å². The van der Waals surface area contributed by atoms with Crippen molar-refractivity contribution in [2.75, 3.05) is 0 Å². The molecule has 2 aliphatic rings. The lowest BCUT2D eigenvalue weighted by atomic mass is 9.84. The van der Waals surface area contributed by atoms with Gasteiger partial charge in [-0.25, -0.2) is 0 Å². The molecule has 4 heteroatoms. The Balaban J connectivity index is 1.85. The summed E-state index contributed by atoms with van der Waals surface area (Å²) in [6, 6.07) is 0.169. The van der Waals surface area contributed by atoms with Gasteiger partial charge >= 0.3 is 0 Å². The first kappa shape index (κ1) is 10.3. The molecule has 2 unspecified atom stereocenters. The third-order valence-electron chi connectivity index (χ3n) is 4.43. The van der Waals surface area contributed by atoms with Gasteiger partial charge in [0.2, 0.25) is 5.89 Å². The van der Waals surface area contributed by atoms with E-state index >= 15 is 0 Å². The van der Waals surface area contributed by atoms with E-state index in [0.29, 0.717) is 5.92 Å². The summed E-state index contributed by atoms with van der Waals surface area (Å²) in [6.45, 7) is 2.16. The highest BCUT2D eigenvalue weighted by Gasteiger charge is 2.43. The molecule has 0 radical (unpaired) electrons. The number of nitrogens with two attached hydrogens (primary N) is 1. The summed E-state index contributed by atoms with van der Waals surface area (Å²) in [7, 11) is 0. The molecule has 0 aromatic carbocycles. The van der Waals surface area contributed by atoms with Crippen molar-refractivity contribution in [3.63, 3.8) is 0 Å². The highest BCUT2D eigenvalue weighted by atomic mass is 16.5. The predicted molar refractivity (Wildman–Crippen MR) is 60.1 cm³/mol. The third-order valence-corrected chi connectivity index (χ3v) is 4.43. The van der Waals surface area contributed by atoms with Crippen LogP contribution < -0.4 is 5.73 Å². The lowest BCUT2D eigenvalue weighted by Crippen LogP contribution is -2.38. The molecule has 2 atom stereocenters. The monoisotopic (exact) mass is 221 g/mol. The fourth-order valence-corrected chi connectivity index (χ4v) is 2.76. The smallest absolute Gasteiger partial charge is 0.234 e. The Kier molecular flexibility index (Phi) is 2.28. The van der Waals surface area contributed by atoms with E-state index in [1.165, 1.54) is 25.7 Å². The Morgan fingerprint density at radius 1 is 1.31 bits per heavy atom. The van der Waals surface area contributed by atoms with Crippen LogP contribution in [-0.4, -0.2) is 16.2 Å². The summed E-state index contributed by atoms with van der Waals surface area (Å²) in [5.74, 6) is 2.21. The van der Waals surface area contributed by atoms with E-state index in [1.807, 2.05) is 0 Å². The Morgan fingerprint density at radius 2 is 2.12 bits per heavy atom. The van der Waals surface area contributed by atoms with E-state index < -0.39 is 0 Å². The Labute approximate surface area is 95.6 Å². The molecule has 0 spiro atoms. The van der Waals surface area contributed by atoms with Crippen LogP contribution in [-0.2, 0) is 5.41 Å². The van der Waals surface area contributed by atoms with E-state index in [2.05, 4.69) is 17.1 Å². The maximum absolute atomic E-state index is 6.15. The minimum atomic E-state index is -0.0883. The summed E-state index contributed by atoms with van der Waals surface area (Å²) >= 11 is 0. The molecule has 1 aromatic rings. The van der Waals surface area contributed by atoms with Gasteiger partial charge in [-0.2, -0.15) is 4.98 Å². The van der Waals surface area contributed by atoms with Crippen molar-refractivity contribution in [2.45, 2.75) is 62.8 Å². The molecule has 0 aliphatic heterocycles. The van der Waals surface area contributed by atoms with Crippen molar-refractivity contribution in [3.8, 4) is 0 Å². The van der Waals surface area contributed by atoms with Crippen LogP contribution >= 0.6 is 0 Å². The maximum Gasteiger partial charge on any atom is 0.234 e. The van der Waals surface area contributed by atoms with Crippen LogP contribution in [0.3, 0.4) is 0 Å². The fourth-order valence-electron chi connectivity index (χ4n) is 2.76. The van der Waals surface area contributed by atoms with Gasteiger partial charge in [0.05, 0.1) is 5.41 Å². The number of hydrogen-bond acceptors (Lipinski definition) is 4. The summed E-state index contributed by atoms with van der Waals surface area (Å²) < 4.78 is 5.44. The molecule has 4 nitrogen and oxygen atoms in total. The lowest BCUT2D eigenvalue weighted by molar-refractivity contribution is 0.274. The molecular formula is C12H19N3O. The highest BCUT2D eigenvalue weighted by Crippen LogP contribution is 2.41. The molecule has 3 rings (SSSR count). The van der Waals surface area contributed by atoms with Crippen LogP contribution in [0.2, 0.25) is 0 Å². The van der Waals surface area contributed by atoms with Crippen molar-refractivity contribution in [2.24, 2.45) is 5.73 Å². The first-order chi connectivity index (χ1) is 7.70. The van der Waals surface area contributed by atoms with Gasteiger partial charge < -0.3 is 10.3 Å². The maximum atomic E-state index is 6.15. The molecule has 0 bridgehead atoms. The lowest BCUT2D eigenvalue weighted by Gasteiger charge is -2.24. The average Bonchev–Trinajstić information content (AvgIpc) is 2.74. The van der Waals surface area contributed by atoms with Gasteiger partial charge in [0.1, 0.15) is 0 Å². The SMILES string of the molecule is CC1(c2nc(C3CCC3)no2)CCCC1N. The number of hydrogen-bond donors (Lipinski definition) is 1. The van der Waals surface area contributed by atoms with E-state index in [9.17, 15) is 0 Å². The van der Waals surface area contributed by atoms with E-state index in [1.54, 1.807) is 0 Å². The molecule has 0 amide bonds. The largest absolute Gasteiger partial charge is 0.339 e. The van der Waals surface area contributed by atoms with Crippen molar-refractivity contribution in [1.82, 2.24) is 10.1 Å². The van der Waals surface area contributed by atoms with Gasteiger partial charge in [-0.1, -0.05) is 18.0 Å². The van der Waals surface area contributed by atoms with Crippen molar-refractivity contribution in [1.29, 1.82) is 0 Å². The second kappa shape index (κ2) is 3.55. The summed E-state index contributed by atoms with van der Waals surface area (Å²) in [5.41, 5.74) is 6.06. The molecule has 1 aromatic heterocycles. The van der Waals surface area contributed by atoms with Crippen LogP contribution in [0, 0.1) is 0 Å². The van der Waals surface area contributed by atoms with Crippen LogP contribution in [0.15, 0.2) is 4.52 Å². The second-order valence-corrected chi connectivity index (χ2v) is 5.50. The third kappa shape index (κ3) is 1.39. The second-order valence-electron chi connectivity index (χ2n) is 5.50. The minimum Gasteiger partial charge on any atom is -0.339 e. The molecule has 2 fully saturated rings. The van der Waals surface area contributed by atoms with Crippen LogP contribution in [0.1, 0.15) is 63.1 Å². The summed E-state index contributed by atoms with van der Waals surface area (Å²) in [5, 5.41) is 4.12. The van der Waals surface area contributed by atoms with Crippen LogP contribution in [0.4, 0.5) is 0 Å². The van der Waals surface area contributed by atoms with Gasteiger partial charge in [0.25, 0.3) is 0 Å². The van der Waals surface area contributed by atoms with E-state index in [0.717, 1.165) is 24.6 Å². The van der Waals surface area contributed by atoms with Crippen molar-refractivity contribution >= 4 is 0 Å². The molecule has 0 saturated heterocycles. The average molecular weight is 221 g/mol. The van der Waals surface area contributed by atoms with E-state index in [-0.39, 0.29) is 11.5 Å². The van der Waals surface area contributed by atoms with Gasteiger partial charge in [-0.3, -0.25) is 0 Å². The number of rotatable bonds is 2. The van der Waals surface area contributed by atoms with Gasteiger partial charge in [-0.05, 0) is 32.6 Å². The standard InChI is InChI=1S/C12H19N3O/c1-12(7-3-6-9(12)13)11-14-10(15-16-11)8-4-2-5-8/h8-9H,2-7,13H2,1H3. The van der Waals surface area contributed by atoms with Crippen LogP contribution in [0.5, 0.6) is 0 Å². The van der Waals surface area contributed by atoms with E-state index in [4.69, 9.17) is 10.3 Å². The van der Waals surface area contributed by atoms with Crippen molar-refractivity contribution < 1.29 is 4.52 Å². The molecule has 88 valence electrons. The Hall–Kier alpha value is -0.900. The number of nitrogens with zero attached hydrogens (tertiary/aromatic N) is 2. The topological polar surface area (TPSA) is 64.9 Å². The first-order valence-electron chi connectivity index (χ1n) is 6.30. The molecular weight excluding hydrogens is 202 g/mol. The van der Waals surface area contributed by atoms with Crippen molar-refractivity contribution in [3.05, 3.63) is 11.7 Å². The molecule has 16 heavy (non-hydrogen) atoms. The molecule has 2 N–H and O–H groups in total. The predicted octanol–water partition coefficient (Wildman–Crippen LogP) is 2.11. The highest BCUT2D eigenvalue weighted by molar-refractivity contribution is 5.13. The zero-order valence-electron chi connectivity index (χ0n) is 9.78. The van der Waals surface area contributed by atoms with Crippen LogP contribution in [0.25, 0.3) is 0 Å². The minimum absolute atomic E-state index is 0.0883.